The zero-order valence-corrected chi connectivity index (χ0v) is 18.0. The van der Waals surface area contributed by atoms with E-state index in [9.17, 15) is 9.59 Å². The molecule has 3 rings (SSSR count). The number of carbonyl (C=O) groups is 2. The number of nitrogens with one attached hydrogen (secondary N) is 2. The summed E-state index contributed by atoms with van der Waals surface area (Å²) in [5, 5.41) is 5.49. The molecule has 0 saturated carbocycles. The third-order valence-electron chi connectivity index (χ3n) is 4.62. The van der Waals surface area contributed by atoms with Gasteiger partial charge in [-0.2, -0.15) is 0 Å². The van der Waals surface area contributed by atoms with Crippen molar-refractivity contribution in [2.24, 2.45) is 0 Å². The molecule has 2 amide bonds. The minimum absolute atomic E-state index is 0.0244. The average molecular weight is 432 g/mol. The molecule has 7 heteroatoms. The van der Waals surface area contributed by atoms with E-state index in [2.05, 4.69) is 10.6 Å². The summed E-state index contributed by atoms with van der Waals surface area (Å²) in [5.74, 6) is 0.484. The lowest BCUT2D eigenvalue weighted by Gasteiger charge is -2.15. The molecule has 0 aliphatic rings. The monoisotopic (exact) mass is 432 g/mol. The molecule has 3 aromatic carbocycles. The molecular formula is C25H24N2O5. The Hall–Kier alpha value is -4.26. The van der Waals surface area contributed by atoms with Gasteiger partial charge in [-0.05, 0) is 36.4 Å². The maximum absolute atomic E-state index is 13.2. The van der Waals surface area contributed by atoms with Gasteiger partial charge < -0.3 is 24.8 Å². The lowest BCUT2D eigenvalue weighted by atomic mass is 10.1. The summed E-state index contributed by atoms with van der Waals surface area (Å²) in [7, 11) is 4.55. The van der Waals surface area contributed by atoms with Crippen LogP contribution in [0.4, 0.5) is 5.69 Å². The normalized spacial score (nSPS) is 10.8. The molecule has 0 fully saturated rings. The van der Waals surface area contributed by atoms with Crippen molar-refractivity contribution in [3.63, 3.8) is 0 Å². The number of amides is 2. The SMILES string of the molecule is COc1ccccc1NC(=O)C(=Cc1cccc(OC)c1OC)NC(=O)c1ccccc1. The number of rotatable bonds is 8. The third kappa shape index (κ3) is 5.26. The van der Waals surface area contributed by atoms with Crippen LogP contribution in [0.15, 0.2) is 78.5 Å². The van der Waals surface area contributed by atoms with Gasteiger partial charge in [0.1, 0.15) is 11.4 Å². The van der Waals surface area contributed by atoms with Crippen LogP contribution in [-0.4, -0.2) is 33.1 Å². The molecular weight excluding hydrogens is 408 g/mol. The van der Waals surface area contributed by atoms with E-state index in [0.29, 0.717) is 34.1 Å². The molecule has 0 aliphatic carbocycles. The van der Waals surface area contributed by atoms with E-state index in [-0.39, 0.29) is 5.70 Å². The first-order chi connectivity index (χ1) is 15.6. The highest BCUT2D eigenvalue weighted by Gasteiger charge is 2.18. The van der Waals surface area contributed by atoms with E-state index in [1.54, 1.807) is 66.7 Å². The highest BCUT2D eigenvalue weighted by Crippen LogP contribution is 2.32. The Morgan fingerprint density at radius 2 is 1.41 bits per heavy atom. The fourth-order valence-electron chi connectivity index (χ4n) is 3.06. The van der Waals surface area contributed by atoms with Crippen molar-refractivity contribution in [3.8, 4) is 17.2 Å². The minimum Gasteiger partial charge on any atom is -0.495 e. The Morgan fingerprint density at radius 1 is 0.750 bits per heavy atom. The molecule has 0 radical (unpaired) electrons. The van der Waals surface area contributed by atoms with Gasteiger partial charge in [0, 0.05) is 11.1 Å². The standard InChI is InChI=1S/C25H24N2O5/c1-30-21-14-8-7-13-19(21)26-25(29)20(27-24(28)17-10-5-4-6-11-17)16-18-12-9-15-22(31-2)23(18)32-3/h4-16H,1-3H3,(H,26,29)(H,27,28). The molecule has 32 heavy (non-hydrogen) atoms. The van der Waals surface area contributed by atoms with E-state index >= 15 is 0 Å². The molecule has 0 saturated heterocycles. The van der Waals surface area contributed by atoms with Crippen molar-refractivity contribution >= 4 is 23.6 Å². The maximum Gasteiger partial charge on any atom is 0.272 e. The molecule has 0 aromatic heterocycles. The molecule has 0 aliphatic heterocycles. The molecule has 3 aromatic rings. The molecule has 0 unspecified atom stereocenters. The first-order valence-corrected chi connectivity index (χ1v) is 9.80. The van der Waals surface area contributed by atoms with Crippen molar-refractivity contribution in [2.75, 3.05) is 26.6 Å². The number of hydrogen-bond donors (Lipinski definition) is 2. The number of anilines is 1. The zero-order chi connectivity index (χ0) is 22.9. The lowest BCUT2D eigenvalue weighted by Crippen LogP contribution is -2.30. The quantitative estimate of drug-likeness (QED) is 0.523. The largest absolute Gasteiger partial charge is 0.495 e. The van der Waals surface area contributed by atoms with Gasteiger partial charge in [-0.25, -0.2) is 0 Å². The Bertz CT molecular complexity index is 1130. The summed E-state index contributed by atoms with van der Waals surface area (Å²) < 4.78 is 16.1. The van der Waals surface area contributed by atoms with Gasteiger partial charge in [0.25, 0.3) is 11.8 Å². The van der Waals surface area contributed by atoms with E-state index < -0.39 is 11.8 Å². The Labute approximate surface area is 186 Å². The van der Waals surface area contributed by atoms with Crippen molar-refractivity contribution < 1.29 is 23.8 Å². The van der Waals surface area contributed by atoms with Crippen molar-refractivity contribution in [1.29, 1.82) is 0 Å². The molecule has 0 bridgehead atoms. The van der Waals surface area contributed by atoms with Gasteiger partial charge in [-0.15, -0.1) is 0 Å². The maximum atomic E-state index is 13.2. The number of ether oxygens (including phenoxy) is 3. The Balaban J connectivity index is 2.00. The zero-order valence-electron chi connectivity index (χ0n) is 18.0. The van der Waals surface area contributed by atoms with E-state index in [1.165, 1.54) is 27.4 Å². The average Bonchev–Trinajstić information content (AvgIpc) is 2.84. The smallest absolute Gasteiger partial charge is 0.272 e. The van der Waals surface area contributed by atoms with Crippen LogP contribution in [0.5, 0.6) is 17.2 Å². The Morgan fingerprint density at radius 3 is 2.09 bits per heavy atom. The molecule has 0 spiro atoms. The Kier molecular flexibility index (Phi) is 7.48. The molecule has 0 atom stereocenters. The topological polar surface area (TPSA) is 85.9 Å². The van der Waals surface area contributed by atoms with Gasteiger partial charge >= 0.3 is 0 Å². The number of carbonyl (C=O) groups excluding carboxylic acids is 2. The summed E-state index contributed by atoms with van der Waals surface area (Å²) in [6, 6.07) is 20.9. The molecule has 164 valence electrons. The van der Waals surface area contributed by atoms with Crippen molar-refractivity contribution in [3.05, 3.63) is 89.6 Å². The molecule has 0 heterocycles. The highest BCUT2D eigenvalue weighted by atomic mass is 16.5. The fraction of sp³-hybridized carbons (Fsp3) is 0.120. The van der Waals surface area contributed by atoms with E-state index in [0.717, 1.165) is 0 Å². The van der Waals surface area contributed by atoms with Gasteiger partial charge in [0.2, 0.25) is 0 Å². The number of para-hydroxylation sites is 3. The molecule has 7 nitrogen and oxygen atoms in total. The lowest BCUT2D eigenvalue weighted by molar-refractivity contribution is -0.113. The van der Waals surface area contributed by atoms with Crippen LogP contribution >= 0.6 is 0 Å². The van der Waals surface area contributed by atoms with Gasteiger partial charge in [0.05, 0.1) is 27.0 Å². The van der Waals surface area contributed by atoms with Gasteiger partial charge in [-0.1, -0.05) is 42.5 Å². The summed E-state index contributed by atoms with van der Waals surface area (Å²) >= 11 is 0. The van der Waals surface area contributed by atoms with Crippen molar-refractivity contribution in [2.45, 2.75) is 0 Å². The van der Waals surface area contributed by atoms with Crippen LogP contribution < -0.4 is 24.8 Å². The third-order valence-corrected chi connectivity index (χ3v) is 4.62. The van der Waals surface area contributed by atoms with Crippen LogP contribution in [0, 0.1) is 0 Å². The summed E-state index contributed by atoms with van der Waals surface area (Å²) in [5.41, 5.74) is 1.47. The summed E-state index contributed by atoms with van der Waals surface area (Å²) in [6.45, 7) is 0. The second-order valence-corrected chi connectivity index (χ2v) is 6.62. The number of methoxy groups -OCH3 is 3. The van der Waals surface area contributed by atoms with Crippen LogP contribution in [0.2, 0.25) is 0 Å². The van der Waals surface area contributed by atoms with E-state index in [1.807, 2.05) is 6.07 Å². The first kappa shape index (κ1) is 22.4. The predicted molar refractivity (Wildman–Crippen MR) is 123 cm³/mol. The second-order valence-electron chi connectivity index (χ2n) is 6.62. The highest BCUT2D eigenvalue weighted by molar-refractivity contribution is 6.11. The van der Waals surface area contributed by atoms with Crippen LogP contribution in [0.25, 0.3) is 6.08 Å². The summed E-state index contributed by atoms with van der Waals surface area (Å²) in [6.07, 6.45) is 1.53. The van der Waals surface area contributed by atoms with Crippen LogP contribution in [-0.2, 0) is 4.79 Å². The predicted octanol–water partition coefficient (Wildman–Crippen LogP) is 4.12. The van der Waals surface area contributed by atoms with Crippen molar-refractivity contribution in [1.82, 2.24) is 5.32 Å². The fourth-order valence-corrected chi connectivity index (χ4v) is 3.06. The number of benzene rings is 3. The van der Waals surface area contributed by atoms with Gasteiger partial charge in [-0.3, -0.25) is 9.59 Å². The van der Waals surface area contributed by atoms with Crippen LogP contribution in [0.3, 0.4) is 0 Å². The van der Waals surface area contributed by atoms with E-state index in [4.69, 9.17) is 14.2 Å². The minimum atomic E-state index is -0.524. The number of hydrogen-bond acceptors (Lipinski definition) is 5. The molecule has 2 N–H and O–H groups in total. The van der Waals surface area contributed by atoms with Crippen LogP contribution in [0.1, 0.15) is 15.9 Å². The second kappa shape index (κ2) is 10.7. The summed E-state index contributed by atoms with van der Waals surface area (Å²) in [4.78, 5) is 26.0. The van der Waals surface area contributed by atoms with Gasteiger partial charge in [0.15, 0.2) is 11.5 Å². The first-order valence-electron chi connectivity index (χ1n) is 9.80.